The Labute approximate surface area is 120 Å². The third-order valence-electron chi connectivity index (χ3n) is 3.21. The number of rotatable bonds is 9. The van der Waals surface area contributed by atoms with Crippen LogP contribution in [0.4, 0.5) is 0 Å². The second-order valence-electron chi connectivity index (χ2n) is 5.88. The molecule has 0 unspecified atom stereocenters. The molecule has 3 N–H and O–H groups in total. The first-order chi connectivity index (χ1) is 9.43. The maximum absolute atomic E-state index is 12.1. The minimum absolute atomic E-state index is 0.112. The number of aliphatic hydroxyl groups excluding tert-OH is 1. The van der Waals surface area contributed by atoms with Gasteiger partial charge >= 0.3 is 0 Å². The molecule has 0 spiro atoms. The van der Waals surface area contributed by atoms with Crippen LogP contribution in [0.1, 0.15) is 33.6 Å². The molecule has 116 valence electrons. The van der Waals surface area contributed by atoms with Crippen LogP contribution < -0.4 is 10.6 Å². The Morgan fingerprint density at radius 1 is 1.35 bits per heavy atom. The highest BCUT2D eigenvalue weighted by atomic mass is 16.6. The van der Waals surface area contributed by atoms with Crippen molar-refractivity contribution in [2.75, 3.05) is 19.8 Å². The molecule has 0 aromatic heterocycles. The molecule has 0 bridgehead atoms. The number of amides is 2. The third-order valence-corrected chi connectivity index (χ3v) is 3.21. The predicted molar refractivity (Wildman–Crippen MR) is 75.0 cm³/mol. The van der Waals surface area contributed by atoms with Gasteiger partial charge in [-0.2, -0.15) is 0 Å². The number of carbonyl (C=O) groups is 2. The fraction of sp³-hybridized carbons (Fsp3) is 0.857. The van der Waals surface area contributed by atoms with Gasteiger partial charge in [0.15, 0.2) is 6.10 Å². The number of epoxide rings is 1. The Hall–Kier alpha value is -1.14. The van der Waals surface area contributed by atoms with Crippen LogP contribution in [0.5, 0.6) is 0 Å². The quantitative estimate of drug-likeness (QED) is 0.522. The third kappa shape index (κ3) is 6.34. The van der Waals surface area contributed by atoms with Gasteiger partial charge in [0.1, 0.15) is 6.04 Å². The van der Waals surface area contributed by atoms with Gasteiger partial charge in [0, 0.05) is 13.2 Å². The van der Waals surface area contributed by atoms with E-state index < -0.39 is 6.04 Å². The highest BCUT2D eigenvalue weighted by Gasteiger charge is 2.34. The molecule has 1 aliphatic rings. The van der Waals surface area contributed by atoms with Gasteiger partial charge in [-0.3, -0.25) is 9.59 Å². The fourth-order valence-electron chi connectivity index (χ4n) is 1.82. The lowest BCUT2D eigenvalue weighted by atomic mass is 10.0. The Morgan fingerprint density at radius 3 is 2.50 bits per heavy atom. The molecule has 1 saturated heterocycles. The second-order valence-corrected chi connectivity index (χ2v) is 5.88. The first-order valence-electron chi connectivity index (χ1n) is 7.24. The van der Waals surface area contributed by atoms with E-state index in [0.717, 1.165) is 6.42 Å². The number of nitrogens with one attached hydrogen (secondary N) is 2. The molecular formula is C14H26N2O4. The van der Waals surface area contributed by atoms with Crippen molar-refractivity contribution in [3.8, 4) is 0 Å². The SMILES string of the molecule is CC(C)C[C@H](NC(=O)[C@@H]1CO1)C(=O)NCC[C@@H](C)CO. The van der Waals surface area contributed by atoms with E-state index >= 15 is 0 Å². The van der Waals surface area contributed by atoms with Gasteiger partial charge in [-0.25, -0.2) is 0 Å². The first kappa shape index (κ1) is 16.9. The summed E-state index contributed by atoms with van der Waals surface area (Å²) in [5, 5.41) is 14.5. The van der Waals surface area contributed by atoms with Crippen molar-refractivity contribution in [1.82, 2.24) is 10.6 Å². The zero-order chi connectivity index (χ0) is 15.1. The van der Waals surface area contributed by atoms with Crippen molar-refractivity contribution in [2.45, 2.75) is 45.8 Å². The Morgan fingerprint density at radius 2 is 2.00 bits per heavy atom. The lowest BCUT2D eigenvalue weighted by molar-refractivity contribution is -0.130. The number of hydrogen-bond acceptors (Lipinski definition) is 4. The van der Waals surface area contributed by atoms with Crippen LogP contribution in [0, 0.1) is 11.8 Å². The van der Waals surface area contributed by atoms with Crippen LogP contribution in [0.3, 0.4) is 0 Å². The van der Waals surface area contributed by atoms with Crippen molar-refractivity contribution in [1.29, 1.82) is 0 Å². The average molecular weight is 286 g/mol. The standard InChI is InChI=1S/C14H26N2O4/c1-9(2)6-11(16-14(19)12-8-20-12)13(18)15-5-4-10(3)7-17/h9-12,17H,4-8H2,1-3H3,(H,15,18)(H,16,19)/t10-,11+,12+/m1/s1. The summed E-state index contributed by atoms with van der Waals surface area (Å²) >= 11 is 0. The van der Waals surface area contributed by atoms with E-state index in [0.29, 0.717) is 25.5 Å². The molecule has 2 amide bonds. The van der Waals surface area contributed by atoms with E-state index in [-0.39, 0.29) is 30.4 Å². The van der Waals surface area contributed by atoms with Crippen molar-refractivity contribution in [2.24, 2.45) is 11.8 Å². The molecule has 6 heteroatoms. The Kier molecular flexibility index (Phi) is 6.95. The predicted octanol–water partition coefficient (Wildman–Crippen LogP) is 0.0508. The molecule has 0 aliphatic carbocycles. The van der Waals surface area contributed by atoms with Crippen molar-refractivity contribution in [3.05, 3.63) is 0 Å². The van der Waals surface area contributed by atoms with Gasteiger partial charge in [-0.1, -0.05) is 20.8 Å². The van der Waals surface area contributed by atoms with Gasteiger partial charge < -0.3 is 20.5 Å². The summed E-state index contributed by atoms with van der Waals surface area (Å²) in [5.41, 5.74) is 0. The van der Waals surface area contributed by atoms with E-state index in [1.165, 1.54) is 0 Å². The zero-order valence-electron chi connectivity index (χ0n) is 12.5. The van der Waals surface area contributed by atoms with Crippen LogP contribution >= 0.6 is 0 Å². The summed E-state index contributed by atoms with van der Waals surface area (Å²) in [6.07, 6.45) is 0.933. The fourth-order valence-corrected chi connectivity index (χ4v) is 1.82. The van der Waals surface area contributed by atoms with Gasteiger partial charge in [0.25, 0.3) is 5.91 Å². The summed E-state index contributed by atoms with van der Waals surface area (Å²) in [6.45, 7) is 6.99. The Bertz CT molecular complexity index is 329. The monoisotopic (exact) mass is 286 g/mol. The number of aliphatic hydroxyl groups is 1. The second kappa shape index (κ2) is 8.21. The summed E-state index contributed by atoms with van der Waals surface area (Å²) < 4.78 is 4.91. The summed E-state index contributed by atoms with van der Waals surface area (Å²) in [7, 11) is 0. The molecule has 3 atom stereocenters. The topological polar surface area (TPSA) is 91.0 Å². The van der Waals surface area contributed by atoms with Crippen molar-refractivity contribution >= 4 is 11.8 Å². The van der Waals surface area contributed by atoms with Gasteiger partial charge in [0.2, 0.25) is 5.91 Å². The van der Waals surface area contributed by atoms with E-state index in [9.17, 15) is 9.59 Å². The smallest absolute Gasteiger partial charge is 0.252 e. The Balaban J connectivity index is 2.40. The minimum Gasteiger partial charge on any atom is -0.396 e. The summed E-state index contributed by atoms with van der Waals surface area (Å²) in [4.78, 5) is 23.8. The molecule has 1 fully saturated rings. The zero-order valence-corrected chi connectivity index (χ0v) is 12.5. The van der Waals surface area contributed by atoms with Crippen LogP contribution in [-0.4, -0.2) is 48.8 Å². The summed E-state index contributed by atoms with van der Waals surface area (Å²) in [5.74, 6) is 0.0863. The van der Waals surface area contributed by atoms with Gasteiger partial charge in [-0.15, -0.1) is 0 Å². The van der Waals surface area contributed by atoms with Crippen LogP contribution in [0.2, 0.25) is 0 Å². The van der Waals surface area contributed by atoms with Crippen LogP contribution in [0.15, 0.2) is 0 Å². The molecule has 1 aliphatic heterocycles. The lowest BCUT2D eigenvalue weighted by Crippen LogP contribution is -2.49. The highest BCUT2D eigenvalue weighted by Crippen LogP contribution is 2.11. The largest absolute Gasteiger partial charge is 0.396 e. The normalized spacial score (nSPS) is 20.4. The number of carbonyl (C=O) groups excluding carboxylic acids is 2. The molecule has 0 radical (unpaired) electrons. The maximum Gasteiger partial charge on any atom is 0.252 e. The van der Waals surface area contributed by atoms with E-state index in [4.69, 9.17) is 9.84 Å². The average Bonchev–Trinajstić information content (AvgIpc) is 3.21. The highest BCUT2D eigenvalue weighted by molar-refractivity contribution is 5.90. The molecule has 0 saturated carbocycles. The molecule has 0 aromatic rings. The van der Waals surface area contributed by atoms with E-state index in [1.54, 1.807) is 0 Å². The van der Waals surface area contributed by atoms with Crippen LogP contribution in [0.25, 0.3) is 0 Å². The lowest BCUT2D eigenvalue weighted by Gasteiger charge is -2.20. The van der Waals surface area contributed by atoms with E-state index in [1.807, 2.05) is 20.8 Å². The molecule has 6 nitrogen and oxygen atoms in total. The molecular weight excluding hydrogens is 260 g/mol. The molecule has 20 heavy (non-hydrogen) atoms. The molecule has 1 rings (SSSR count). The number of hydrogen-bond donors (Lipinski definition) is 3. The van der Waals surface area contributed by atoms with Gasteiger partial charge in [-0.05, 0) is 24.7 Å². The summed E-state index contributed by atoms with van der Waals surface area (Å²) in [6, 6.07) is -0.517. The van der Waals surface area contributed by atoms with Crippen LogP contribution in [-0.2, 0) is 14.3 Å². The van der Waals surface area contributed by atoms with Gasteiger partial charge in [0.05, 0.1) is 6.61 Å². The molecule has 0 aromatic carbocycles. The first-order valence-corrected chi connectivity index (χ1v) is 7.24. The van der Waals surface area contributed by atoms with Crippen molar-refractivity contribution in [3.63, 3.8) is 0 Å². The van der Waals surface area contributed by atoms with E-state index in [2.05, 4.69) is 10.6 Å². The molecule has 1 heterocycles. The minimum atomic E-state index is -0.517. The number of ether oxygens (including phenoxy) is 1. The maximum atomic E-state index is 12.1. The van der Waals surface area contributed by atoms with Crippen molar-refractivity contribution < 1.29 is 19.4 Å².